The van der Waals surface area contributed by atoms with Crippen LogP contribution in [0.15, 0.2) is 95.6 Å². The van der Waals surface area contributed by atoms with Gasteiger partial charge in [0.25, 0.3) is 5.69 Å². The van der Waals surface area contributed by atoms with E-state index in [0.29, 0.717) is 0 Å². The van der Waals surface area contributed by atoms with Crippen molar-refractivity contribution in [1.29, 1.82) is 0 Å². The number of aromatic nitrogens is 1. The number of nitro groups is 1. The zero-order valence-corrected chi connectivity index (χ0v) is 19.0. The van der Waals surface area contributed by atoms with Crippen LogP contribution in [-0.2, 0) is 10.0 Å². The van der Waals surface area contributed by atoms with E-state index in [4.69, 9.17) is 0 Å². The van der Waals surface area contributed by atoms with E-state index in [-0.39, 0.29) is 10.6 Å². The lowest BCUT2D eigenvalue weighted by molar-refractivity contribution is -0.384. The molecule has 0 radical (unpaired) electrons. The van der Waals surface area contributed by atoms with E-state index in [2.05, 4.69) is 11.6 Å². The fourth-order valence-corrected chi connectivity index (χ4v) is 4.99. The first-order valence-corrected chi connectivity index (χ1v) is 11.4. The molecule has 166 valence electrons. The smallest absolute Gasteiger partial charge is 0.269 e. The maximum Gasteiger partial charge on any atom is 0.269 e. The largest absolute Gasteiger partial charge is 0.361 e. The zero-order valence-electron chi connectivity index (χ0n) is 18.1. The van der Waals surface area contributed by atoms with Gasteiger partial charge >= 0.3 is 0 Å². The van der Waals surface area contributed by atoms with Gasteiger partial charge in [0.1, 0.15) is 0 Å². The number of allylic oxidation sites excluding steroid dienone is 4. The van der Waals surface area contributed by atoms with Crippen molar-refractivity contribution in [2.24, 2.45) is 0 Å². The molecule has 1 N–H and O–H groups in total. The summed E-state index contributed by atoms with van der Waals surface area (Å²) in [6, 6.07) is 12.0. The number of H-pyrrole nitrogens is 1. The average molecular weight is 452 g/mol. The van der Waals surface area contributed by atoms with Crippen LogP contribution in [0.25, 0.3) is 10.9 Å². The third-order valence-electron chi connectivity index (χ3n) is 5.52. The first kappa shape index (κ1) is 23.2. The van der Waals surface area contributed by atoms with Gasteiger partial charge in [0.15, 0.2) is 0 Å². The normalized spacial score (nSPS) is 14.0. The van der Waals surface area contributed by atoms with Crippen LogP contribution in [-0.4, -0.2) is 29.7 Å². The highest BCUT2D eigenvalue weighted by atomic mass is 32.2. The van der Waals surface area contributed by atoms with Gasteiger partial charge in [-0.15, -0.1) is 0 Å². The fraction of sp³-hybridized carbons (Fsp3) is 0.167. The molecule has 0 amide bonds. The highest BCUT2D eigenvalue weighted by Gasteiger charge is 2.32. The van der Waals surface area contributed by atoms with Crippen molar-refractivity contribution in [3.63, 3.8) is 0 Å². The van der Waals surface area contributed by atoms with Crippen LogP contribution in [0.1, 0.15) is 25.5 Å². The van der Waals surface area contributed by atoms with Crippen molar-refractivity contribution in [2.45, 2.75) is 24.8 Å². The number of nitro benzene ring substituents is 1. The lowest BCUT2D eigenvalue weighted by Gasteiger charge is -2.29. The molecule has 2 aromatic carbocycles. The molecule has 0 bridgehead atoms. The number of aromatic amines is 1. The predicted molar refractivity (Wildman–Crippen MR) is 127 cm³/mol. The Labute approximate surface area is 187 Å². The second kappa shape index (κ2) is 9.33. The van der Waals surface area contributed by atoms with Gasteiger partial charge in [0.05, 0.1) is 15.9 Å². The van der Waals surface area contributed by atoms with E-state index < -0.39 is 21.0 Å². The molecule has 1 heterocycles. The summed E-state index contributed by atoms with van der Waals surface area (Å²) in [6.07, 6.45) is 7.17. The molecule has 1 atom stereocenters. The summed E-state index contributed by atoms with van der Waals surface area (Å²) in [5, 5.41) is 11.9. The number of rotatable bonds is 8. The Morgan fingerprint density at radius 3 is 2.44 bits per heavy atom. The van der Waals surface area contributed by atoms with Gasteiger partial charge in [-0.1, -0.05) is 48.6 Å². The molecular formula is C24H25N3O4S. The van der Waals surface area contributed by atoms with Crippen LogP contribution < -0.4 is 0 Å². The second-order valence-electron chi connectivity index (χ2n) is 7.43. The Hall–Kier alpha value is -3.49. The summed E-state index contributed by atoms with van der Waals surface area (Å²) in [4.78, 5) is 13.6. The van der Waals surface area contributed by atoms with Crippen molar-refractivity contribution in [2.75, 3.05) is 7.05 Å². The van der Waals surface area contributed by atoms with Gasteiger partial charge in [-0.05, 0) is 43.2 Å². The molecule has 0 aliphatic heterocycles. The molecule has 1 aromatic heterocycles. The molecule has 3 aromatic rings. The number of nitrogens with one attached hydrogen (secondary N) is 1. The summed E-state index contributed by atoms with van der Waals surface area (Å²) < 4.78 is 28.3. The minimum atomic E-state index is -3.96. The van der Waals surface area contributed by atoms with Gasteiger partial charge in [-0.25, -0.2) is 8.42 Å². The van der Waals surface area contributed by atoms with Crippen LogP contribution in [0.5, 0.6) is 0 Å². The van der Waals surface area contributed by atoms with Gasteiger partial charge in [0, 0.05) is 36.3 Å². The maximum atomic E-state index is 13.5. The topological polar surface area (TPSA) is 96.3 Å². The third kappa shape index (κ3) is 4.42. The van der Waals surface area contributed by atoms with E-state index in [1.54, 1.807) is 12.2 Å². The molecule has 32 heavy (non-hydrogen) atoms. The highest BCUT2D eigenvalue weighted by Crippen LogP contribution is 2.37. The molecule has 0 saturated carbocycles. The minimum Gasteiger partial charge on any atom is -0.361 e. The van der Waals surface area contributed by atoms with Crippen molar-refractivity contribution < 1.29 is 13.3 Å². The fourth-order valence-electron chi connectivity index (χ4n) is 3.63. The molecule has 3 rings (SSSR count). The molecule has 1 unspecified atom stereocenters. The molecule has 0 fully saturated rings. The Morgan fingerprint density at radius 1 is 1.16 bits per heavy atom. The summed E-state index contributed by atoms with van der Waals surface area (Å²) in [5.41, 5.74) is 3.31. The van der Waals surface area contributed by atoms with Crippen LogP contribution in [0.2, 0.25) is 0 Å². The van der Waals surface area contributed by atoms with E-state index in [0.717, 1.165) is 27.6 Å². The number of para-hydroxylation sites is 1. The van der Waals surface area contributed by atoms with Crippen molar-refractivity contribution in [1.82, 2.24) is 9.29 Å². The number of fused-ring (bicyclic) bond motifs is 1. The number of hydrogen-bond donors (Lipinski definition) is 1. The summed E-state index contributed by atoms with van der Waals surface area (Å²) in [5.74, 6) is 0. The van der Waals surface area contributed by atoms with Crippen LogP contribution in [0.3, 0.4) is 0 Å². The monoisotopic (exact) mass is 451 g/mol. The number of likely N-dealkylation sites (N-methyl/N-ethyl adjacent to an activating group) is 1. The van der Waals surface area contributed by atoms with E-state index in [9.17, 15) is 18.5 Å². The Morgan fingerprint density at radius 2 is 1.81 bits per heavy atom. The van der Waals surface area contributed by atoms with Gasteiger partial charge in [-0.2, -0.15) is 4.31 Å². The van der Waals surface area contributed by atoms with Gasteiger partial charge < -0.3 is 4.98 Å². The van der Waals surface area contributed by atoms with Crippen LogP contribution in [0, 0.1) is 10.1 Å². The molecule has 0 saturated heterocycles. The molecule has 0 aliphatic rings. The van der Waals surface area contributed by atoms with E-state index >= 15 is 0 Å². The van der Waals surface area contributed by atoms with Gasteiger partial charge in [-0.3, -0.25) is 10.1 Å². The average Bonchev–Trinajstić information content (AvgIpc) is 3.21. The second-order valence-corrected chi connectivity index (χ2v) is 9.42. The number of benzene rings is 2. The number of hydrogen-bond acceptors (Lipinski definition) is 4. The molecule has 8 heteroatoms. The number of sulfonamides is 1. The van der Waals surface area contributed by atoms with Gasteiger partial charge in [0.2, 0.25) is 10.0 Å². The summed E-state index contributed by atoms with van der Waals surface area (Å²) in [6.45, 7) is 7.51. The lowest BCUT2D eigenvalue weighted by Crippen LogP contribution is -2.32. The molecule has 0 spiro atoms. The van der Waals surface area contributed by atoms with E-state index in [1.165, 1.54) is 35.6 Å². The van der Waals surface area contributed by atoms with Crippen molar-refractivity contribution >= 4 is 26.6 Å². The van der Waals surface area contributed by atoms with Crippen molar-refractivity contribution in [3.05, 3.63) is 106 Å². The summed E-state index contributed by atoms with van der Waals surface area (Å²) in [7, 11) is -2.43. The number of nitrogens with zero attached hydrogens (tertiary/aromatic N) is 2. The Bertz CT molecular complexity index is 1320. The Kier molecular flexibility index (Phi) is 6.76. The molecule has 7 nitrogen and oxygen atoms in total. The van der Waals surface area contributed by atoms with E-state index in [1.807, 2.05) is 50.4 Å². The Balaban J connectivity index is 2.17. The maximum absolute atomic E-state index is 13.5. The quantitative estimate of drug-likeness (QED) is 0.277. The summed E-state index contributed by atoms with van der Waals surface area (Å²) >= 11 is 0. The lowest BCUT2D eigenvalue weighted by atomic mass is 9.95. The third-order valence-corrected chi connectivity index (χ3v) is 7.36. The van der Waals surface area contributed by atoms with Crippen LogP contribution >= 0.6 is 0 Å². The SMILES string of the molecule is C=C/C=C\C(C)=C(/C)C(c1c[nH]c2ccccc12)N(C)S(=O)(=O)c1ccc([N+](=O)[O-])cc1. The molecular weight excluding hydrogens is 426 g/mol. The van der Waals surface area contributed by atoms with Crippen LogP contribution in [0.4, 0.5) is 5.69 Å². The highest BCUT2D eigenvalue weighted by molar-refractivity contribution is 7.89. The molecule has 0 aliphatic carbocycles. The number of non-ortho nitro benzene ring substituents is 1. The van der Waals surface area contributed by atoms with Crippen molar-refractivity contribution in [3.8, 4) is 0 Å². The first-order chi connectivity index (χ1) is 15.2. The standard InChI is InChI=1S/C24H25N3O4S/c1-5-6-9-17(2)18(3)24(22-16-25-23-11-8-7-10-21(22)23)26(4)32(30,31)20-14-12-19(13-15-20)27(28)29/h5-16,24-25H,1H2,2-4H3/b9-6-,18-17+. The zero-order chi connectivity index (χ0) is 23.5. The minimum absolute atomic E-state index is 0.0115. The first-order valence-electron chi connectivity index (χ1n) is 9.93. The predicted octanol–water partition coefficient (Wildman–Crippen LogP) is 5.52.